The fourth-order valence-corrected chi connectivity index (χ4v) is 8.00. The summed E-state index contributed by atoms with van der Waals surface area (Å²) in [5.41, 5.74) is 0.989. The lowest BCUT2D eigenvalue weighted by Gasteiger charge is -2.61. The van der Waals surface area contributed by atoms with Crippen molar-refractivity contribution in [2.45, 2.75) is 98.2 Å². The highest BCUT2D eigenvalue weighted by atomic mass is 16.5. The van der Waals surface area contributed by atoms with Crippen molar-refractivity contribution in [2.24, 2.45) is 46.3 Å². The first-order chi connectivity index (χ1) is 12.3. The van der Waals surface area contributed by atoms with Gasteiger partial charge in [-0.15, -0.1) is 0 Å². The van der Waals surface area contributed by atoms with Crippen LogP contribution in [0.25, 0.3) is 0 Å². The largest absolute Gasteiger partial charge is 0.390 e. The number of ether oxygens (including phenoxy) is 1. The van der Waals surface area contributed by atoms with Gasteiger partial charge in [0.25, 0.3) is 0 Å². The lowest BCUT2D eigenvalue weighted by Crippen LogP contribution is -2.57. The van der Waals surface area contributed by atoms with Crippen molar-refractivity contribution in [2.75, 3.05) is 6.61 Å². The number of rotatable bonds is 3. The van der Waals surface area contributed by atoms with Crippen molar-refractivity contribution in [3.8, 4) is 0 Å². The van der Waals surface area contributed by atoms with Gasteiger partial charge < -0.3 is 9.84 Å². The summed E-state index contributed by atoms with van der Waals surface area (Å²) in [7, 11) is 0. The molecule has 0 heterocycles. The molecule has 2 heteroatoms. The molecule has 1 N–H and O–H groups in total. The second-order valence-electron chi connectivity index (χ2n) is 11.5. The van der Waals surface area contributed by atoms with E-state index in [0.29, 0.717) is 22.7 Å². The molecule has 0 radical (unpaired) electrons. The standard InChI is InChI=1S/C24H42O2/c1-15(2)14-26-22-13-24(5)17(12-21(22)25)7-8-18-19-9-6-16(3)23(19,4)11-10-20(18)24/h15-22,25H,6-14H2,1-5H3/t16-,17-,18-,19-,20-,21-,22-,23+,24-/m0/s1. The Labute approximate surface area is 161 Å². The second-order valence-corrected chi connectivity index (χ2v) is 11.5. The zero-order chi connectivity index (χ0) is 18.7. The summed E-state index contributed by atoms with van der Waals surface area (Å²) in [4.78, 5) is 0. The van der Waals surface area contributed by atoms with Crippen LogP contribution in [-0.4, -0.2) is 23.9 Å². The maximum absolute atomic E-state index is 10.7. The molecule has 150 valence electrons. The Bertz CT molecular complexity index is 516. The Morgan fingerprint density at radius 3 is 2.46 bits per heavy atom. The van der Waals surface area contributed by atoms with E-state index in [9.17, 15) is 5.11 Å². The first-order valence-corrected chi connectivity index (χ1v) is 11.6. The first kappa shape index (κ1) is 19.2. The van der Waals surface area contributed by atoms with Crippen LogP contribution in [0.3, 0.4) is 0 Å². The number of fused-ring (bicyclic) bond motifs is 5. The number of hydrogen-bond donors (Lipinski definition) is 1. The molecule has 26 heavy (non-hydrogen) atoms. The lowest BCUT2D eigenvalue weighted by molar-refractivity contribution is -0.173. The van der Waals surface area contributed by atoms with E-state index >= 15 is 0 Å². The fourth-order valence-electron chi connectivity index (χ4n) is 8.00. The van der Waals surface area contributed by atoms with E-state index in [0.717, 1.165) is 43.1 Å². The highest BCUT2D eigenvalue weighted by molar-refractivity contribution is 5.09. The van der Waals surface area contributed by atoms with Crippen LogP contribution >= 0.6 is 0 Å². The van der Waals surface area contributed by atoms with E-state index < -0.39 is 0 Å². The Morgan fingerprint density at radius 1 is 1.00 bits per heavy atom. The van der Waals surface area contributed by atoms with Gasteiger partial charge >= 0.3 is 0 Å². The predicted molar refractivity (Wildman–Crippen MR) is 107 cm³/mol. The summed E-state index contributed by atoms with van der Waals surface area (Å²) in [5.74, 6) is 4.91. The highest BCUT2D eigenvalue weighted by Gasteiger charge is 2.60. The minimum absolute atomic E-state index is 0.0632. The molecule has 0 saturated heterocycles. The van der Waals surface area contributed by atoms with E-state index in [2.05, 4.69) is 34.6 Å². The molecule has 4 aliphatic carbocycles. The number of aliphatic hydroxyl groups is 1. The van der Waals surface area contributed by atoms with Gasteiger partial charge in [-0.2, -0.15) is 0 Å². The molecule has 4 saturated carbocycles. The highest BCUT2D eigenvalue weighted by Crippen LogP contribution is 2.67. The summed E-state index contributed by atoms with van der Waals surface area (Å²) in [6.07, 6.45) is 10.4. The molecule has 0 amide bonds. The quantitative estimate of drug-likeness (QED) is 0.700. The smallest absolute Gasteiger partial charge is 0.0839 e. The molecule has 0 spiro atoms. The van der Waals surface area contributed by atoms with Crippen LogP contribution in [0.4, 0.5) is 0 Å². The zero-order valence-electron chi connectivity index (χ0n) is 17.8. The molecular weight excluding hydrogens is 320 g/mol. The van der Waals surface area contributed by atoms with Crippen molar-refractivity contribution in [1.82, 2.24) is 0 Å². The van der Waals surface area contributed by atoms with Gasteiger partial charge in [0.05, 0.1) is 12.2 Å². The van der Waals surface area contributed by atoms with Crippen molar-refractivity contribution in [1.29, 1.82) is 0 Å². The summed E-state index contributed by atoms with van der Waals surface area (Å²) < 4.78 is 6.22. The summed E-state index contributed by atoms with van der Waals surface area (Å²) in [5, 5.41) is 10.7. The molecule has 2 nitrogen and oxygen atoms in total. The Kier molecular flexibility index (Phi) is 5.01. The molecule has 4 fully saturated rings. The zero-order valence-corrected chi connectivity index (χ0v) is 17.8. The van der Waals surface area contributed by atoms with E-state index in [4.69, 9.17) is 4.74 Å². The van der Waals surface area contributed by atoms with Gasteiger partial charge in [-0.05, 0) is 97.7 Å². The van der Waals surface area contributed by atoms with E-state index in [1.54, 1.807) is 0 Å². The van der Waals surface area contributed by atoms with Gasteiger partial charge in [-0.1, -0.05) is 34.6 Å². The molecule has 0 aromatic carbocycles. The molecule has 0 bridgehead atoms. The predicted octanol–water partition coefficient (Wildman–Crippen LogP) is 5.68. The first-order valence-electron chi connectivity index (χ1n) is 11.6. The Hall–Kier alpha value is -0.0800. The molecule has 4 aliphatic rings. The van der Waals surface area contributed by atoms with Crippen molar-refractivity contribution in [3.63, 3.8) is 0 Å². The third-order valence-corrected chi connectivity index (χ3v) is 9.78. The van der Waals surface area contributed by atoms with Crippen molar-refractivity contribution < 1.29 is 9.84 Å². The monoisotopic (exact) mass is 362 g/mol. The minimum atomic E-state index is -0.247. The summed E-state index contributed by atoms with van der Waals surface area (Å²) >= 11 is 0. The van der Waals surface area contributed by atoms with Crippen LogP contribution in [-0.2, 0) is 4.74 Å². The van der Waals surface area contributed by atoms with Crippen LogP contribution < -0.4 is 0 Å². The Morgan fingerprint density at radius 2 is 1.73 bits per heavy atom. The molecular formula is C24H42O2. The number of hydrogen-bond acceptors (Lipinski definition) is 2. The fraction of sp³-hybridized carbons (Fsp3) is 1.00. The maximum atomic E-state index is 10.7. The third kappa shape index (κ3) is 2.89. The van der Waals surface area contributed by atoms with Crippen LogP contribution in [0.1, 0.15) is 86.0 Å². The second kappa shape index (κ2) is 6.76. The molecule has 0 aliphatic heterocycles. The molecule has 0 unspecified atom stereocenters. The average Bonchev–Trinajstić information content (AvgIpc) is 2.89. The molecule has 0 aromatic rings. The van der Waals surface area contributed by atoms with Gasteiger partial charge in [0.2, 0.25) is 0 Å². The van der Waals surface area contributed by atoms with E-state index in [-0.39, 0.29) is 12.2 Å². The third-order valence-electron chi connectivity index (χ3n) is 9.78. The minimum Gasteiger partial charge on any atom is -0.390 e. The number of aliphatic hydroxyl groups excluding tert-OH is 1. The normalized spacial score (nSPS) is 53.9. The van der Waals surface area contributed by atoms with Gasteiger partial charge in [-0.3, -0.25) is 0 Å². The van der Waals surface area contributed by atoms with Gasteiger partial charge in [-0.25, -0.2) is 0 Å². The molecule has 4 rings (SSSR count). The van der Waals surface area contributed by atoms with Crippen LogP contribution in [0.5, 0.6) is 0 Å². The Balaban J connectivity index is 1.55. The van der Waals surface area contributed by atoms with Gasteiger partial charge in [0.1, 0.15) is 0 Å². The molecule has 0 aromatic heterocycles. The van der Waals surface area contributed by atoms with Crippen LogP contribution in [0.15, 0.2) is 0 Å². The maximum Gasteiger partial charge on any atom is 0.0839 e. The van der Waals surface area contributed by atoms with Gasteiger partial charge in [0.15, 0.2) is 0 Å². The van der Waals surface area contributed by atoms with E-state index in [1.807, 2.05) is 0 Å². The SMILES string of the molecule is CC(C)CO[C@H]1C[C@@]2(C)[C@@H](CC[C@@H]3[C@@H]2CC[C@]2(C)[C@@H](C)CC[C@@H]32)C[C@@H]1O. The topological polar surface area (TPSA) is 29.5 Å². The summed E-state index contributed by atoms with van der Waals surface area (Å²) in [6, 6.07) is 0. The van der Waals surface area contributed by atoms with Crippen molar-refractivity contribution in [3.05, 3.63) is 0 Å². The molecule has 9 atom stereocenters. The van der Waals surface area contributed by atoms with Gasteiger partial charge in [0, 0.05) is 6.61 Å². The average molecular weight is 363 g/mol. The van der Waals surface area contributed by atoms with E-state index in [1.165, 1.54) is 38.5 Å². The van der Waals surface area contributed by atoms with Crippen LogP contribution in [0.2, 0.25) is 0 Å². The summed E-state index contributed by atoms with van der Waals surface area (Å²) in [6.45, 7) is 12.9. The van der Waals surface area contributed by atoms with Crippen LogP contribution in [0, 0.1) is 46.3 Å². The lowest BCUT2D eigenvalue weighted by atomic mass is 9.44. The van der Waals surface area contributed by atoms with Crippen molar-refractivity contribution >= 4 is 0 Å².